The first-order valence-electron chi connectivity index (χ1n) is 25.5. The van der Waals surface area contributed by atoms with Gasteiger partial charge in [-0.1, -0.05) is 121 Å². The summed E-state index contributed by atoms with van der Waals surface area (Å²) in [6.45, 7) is 9.56. The van der Waals surface area contributed by atoms with Crippen LogP contribution in [0.3, 0.4) is 0 Å². The number of fused-ring (bicyclic) bond motifs is 2. The number of methoxy groups -OCH3 is 1. The smallest absolute Gasteiger partial charge is 0.497 e. The number of rotatable bonds is 17. The van der Waals surface area contributed by atoms with Gasteiger partial charge in [0.05, 0.1) is 16.5 Å². The zero-order chi connectivity index (χ0) is 59.4. The van der Waals surface area contributed by atoms with Gasteiger partial charge in [-0.05, 0) is 97.9 Å². The van der Waals surface area contributed by atoms with Gasteiger partial charge in [-0.3, -0.25) is 19.3 Å². The number of nitrogens with zero attached hydrogens (tertiary/aromatic N) is 3. The topological polar surface area (TPSA) is 220 Å². The van der Waals surface area contributed by atoms with Crippen molar-refractivity contribution >= 4 is 125 Å². The minimum atomic E-state index is -1.91. The van der Waals surface area contributed by atoms with Crippen LogP contribution in [0.1, 0.15) is 74.4 Å². The highest BCUT2D eigenvalue weighted by Crippen LogP contribution is 2.50. The van der Waals surface area contributed by atoms with Gasteiger partial charge in [0.15, 0.2) is 27.9 Å². The van der Waals surface area contributed by atoms with E-state index < -0.39 is 63.2 Å². The van der Waals surface area contributed by atoms with Gasteiger partial charge >= 0.3 is 18.3 Å². The van der Waals surface area contributed by atoms with Crippen LogP contribution in [-0.4, -0.2) is 93.1 Å². The van der Waals surface area contributed by atoms with Crippen molar-refractivity contribution in [2.45, 2.75) is 75.8 Å². The Morgan fingerprint density at radius 3 is 1.88 bits per heavy atom. The van der Waals surface area contributed by atoms with Crippen LogP contribution in [0.2, 0.25) is 0 Å². The molecule has 1 saturated heterocycles. The van der Waals surface area contributed by atoms with Gasteiger partial charge in [0.1, 0.15) is 53.0 Å². The molecule has 9 rings (SSSR count). The molecule has 2 aliphatic heterocycles. The molecule has 2 N–H and O–H groups in total. The van der Waals surface area contributed by atoms with Crippen LogP contribution in [-0.2, 0) is 45.6 Å². The molecule has 0 aliphatic carbocycles. The van der Waals surface area contributed by atoms with Crippen LogP contribution < -0.4 is 30.3 Å². The van der Waals surface area contributed by atoms with Crippen LogP contribution >= 0.6 is 62.6 Å². The first-order chi connectivity index (χ1) is 39.6. The summed E-state index contributed by atoms with van der Waals surface area (Å²) in [4.78, 5) is 96.7. The van der Waals surface area contributed by atoms with Crippen LogP contribution in [0.25, 0.3) is 15.7 Å². The van der Waals surface area contributed by atoms with Gasteiger partial charge in [0.2, 0.25) is 5.43 Å². The molecule has 18 nitrogen and oxygen atoms in total. The number of hydrogen-bond donors (Lipinski definition) is 2. The Labute approximate surface area is 503 Å². The lowest BCUT2D eigenvalue weighted by molar-refractivity contribution is -0.155. The van der Waals surface area contributed by atoms with Gasteiger partial charge in [-0.25, -0.2) is 19.4 Å². The molecule has 7 aromatic rings. The summed E-state index contributed by atoms with van der Waals surface area (Å²) >= 11 is 12.5. The number of amides is 2. The normalized spacial score (nSPS) is 16.2. The fourth-order valence-corrected chi connectivity index (χ4v) is 13.6. The van der Waals surface area contributed by atoms with Gasteiger partial charge in [0, 0.05) is 38.2 Å². The predicted octanol–water partition coefficient (Wildman–Crippen LogP) is 11.8. The number of nitrogens with one attached hydrogen (secondary N) is 2. The van der Waals surface area contributed by atoms with E-state index in [1.54, 1.807) is 71.2 Å². The van der Waals surface area contributed by atoms with E-state index in [-0.39, 0.29) is 66.0 Å². The van der Waals surface area contributed by atoms with Crippen molar-refractivity contribution in [2.24, 2.45) is 5.16 Å². The van der Waals surface area contributed by atoms with Crippen molar-refractivity contribution in [1.29, 1.82) is 0 Å². The summed E-state index contributed by atoms with van der Waals surface area (Å²) < 4.78 is 33.3. The predicted molar refractivity (Wildman–Crippen MR) is 325 cm³/mol. The summed E-state index contributed by atoms with van der Waals surface area (Å²) in [5, 5.41) is 12.8. The number of halogens is 1. The lowest BCUT2D eigenvalue weighted by Crippen LogP contribution is -2.80. The average Bonchev–Trinajstić information content (AvgIpc) is 1.12. The van der Waals surface area contributed by atoms with E-state index in [0.717, 1.165) is 45.2 Å². The third kappa shape index (κ3) is 12.5. The van der Waals surface area contributed by atoms with E-state index in [0.29, 0.717) is 16.4 Å². The second-order valence-electron chi connectivity index (χ2n) is 20.7. The molecule has 23 heteroatoms. The quantitative estimate of drug-likeness (QED) is 0.0127. The van der Waals surface area contributed by atoms with Crippen LogP contribution in [0.4, 0.5) is 14.7 Å². The summed E-state index contributed by atoms with van der Waals surface area (Å²) in [5.74, 6) is -2.71. The minimum absolute atomic E-state index is 0.0215. The highest BCUT2D eigenvalue weighted by molar-refractivity contribution is 9.10. The van der Waals surface area contributed by atoms with E-state index >= 15 is 4.79 Å². The first kappa shape index (κ1) is 59.7. The number of thioether (sulfide) groups is 1. The van der Waals surface area contributed by atoms with Crippen molar-refractivity contribution in [3.63, 3.8) is 0 Å². The molecule has 0 spiro atoms. The van der Waals surface area contributed by atoms with Crippen LogP contribution in [0.15, 0.2) is 153 Å². The van der Waals surface area contributed by atoms with Crippen molar-refractivity contribution in [3.8, 4) is 17.2 Å². The number of esters is 1. The van der Waals surface area contributed by atoms with Gasteiger partial charge in [-0.15, -0.1) is 34.4 Å². The number of thiocarbonyl (C=S) groups is 1. The molecule has 0 saturated carbocycles. The van der Waals surface area contributed by atoms with Crippen molar-refractivity contribution < 1.29 is 57.2 Å². The van der Waals surface area contributed by atoms with E-state index in [1.165, 1.54) is 42.6 Å². The zero-order valence-corrected chi connectivity index (χ0v) is 50.8. The number of hydrogen-bond acceptors (Lipinski definition) is 20. The molecule has 1 unspecified atom stereocenters. The molecular weight excluding hydrogens is 1210 g/mol. The number of oxime groups is 1. The second-order valence-corrected chi connectivity index (χ2v) is 24.7. The molecular formula is C60H54BrN5O13S4. The molecule has 1 fully saturated rings. The van der Waals surface area contributed by atoms with Crippen molar-refractivity contribution in [1.82, 2.24) is 15.2 Å². The maximum absolute atomic E-state index is 15.1. The van der Waals surface area contributed by atoms with E-state index in [1.807, 2.05) is 91.0 Å². The second kappa shape index (κ2) is 24.5. The lowest BCUT2D eigenvalue weighted by atomic mass is 9.77. The third-order valence-corrected chi connectivity index (χ3v) is 17.5. The number of aromatic nitrogens is 1. The van der Waals surface area contributed by atoms with Crippen molar-refractivity contribution in [2.75, 3.05) is 25.3 Å². The molecule has 83 heavy (non-hydrogen) atoms. The summed E-state index contributed by atoms with van der Waals surface area (Å²) in [6, 6.07) is 39.1. The fraction of sp³-hybridized carbons (Fsp3) is 0.250. The largest absolute Gasteiger partial charge is 0.514 e. The fourth-order valence-electron chi connectivity index (χ4n) is 9.11. The number of carbonyl (C=O) groups is 5. The Hall–Kier alpha value is -7.96. The summed E-state index contributed by atoms with van der Waals surface area (Å²) in [6.07, 6.45) is -2.28. The van der Waals surface area contributed by atoms with Gasteiger partial charge < -0.3 is 43.9 Å². The molecule has 5 aromatic carbocycles. The van der Waals surface area contributed by atoms with Crippen LogP contribution in [0, 0.1) is 0 Å². The standard InChI is InChI=1S/C60H54BrN5O13S4/c1-57(2,3)78-55(71)76-42-28-39-44(29-43(42)77-56(72)79-58(4,5)6)83-49(45(61)48(39)67)40-31-81-53-59(33-80,52(70)66(53)47(40)51(69)75-30-34-24-26-38(73-7)27-25-34)63-50(68)46(65-74-8)41-32-82-54(62-41)64-60(35-18-12-9-13-19-35,36-20-14-10-15-21-36)37-22-16-11-17-23-37/h9-29,32-33,53H,30-31H2,1-8H3,(H,62,64)(H,63,68)/b65-46-/t53-,59?/m0/s1. The molecule has 428 valence electrons. The maximum atomic E-state index is 15.1. The van der Waals surface area contributed by atoms with Gasteiger partial charge in [-0.2, -0.15) is 0 Å². The Morgan fingerprint density at radius 1 is 0.807 bits per heavy atom. The molecule has 0 bridgehead atoms. The zero-order valence-electron chi connectivity index (χ0n) is 45.9. The first-order valence-corrected chi connectivity index (χ1v) is 29.5. The number of ether oxygens (including phenoxy) is 6. The SMILES string of the molecule is CO/N=C(\C(=O)NC1(C=S)C(=O)N2C(C(=O)OCc3ccc(OC)cc3)=C(c3sc4cc(OC(=O)OC(C)(C)C)c(OC(=O)OC(C)(C)C)cc4c(=O)c3Br)CS[C@H]21)c1csc(NC(c2ccccc2)(c2ccccc2)c2ccccc2)n1. The van der Waals surface area contributed by atoms with E-state index in [2.05, 4.69) is 31.7 Å². The molecule has 2 aliphatic rings. The summed E-state index contributed by atoms with van der Waals surface area (Å²) in [7, 11) is 2.79. The number of thiazole rings is 1. The highest BCUT2D eigenvalue weighted by atomic mass is 79.9. The van der Waals surface area contributed by atoms with E-state index in [9.17, 15) is 24.0 Å². The monoisotopic (exact) mass is 1260 g/mol. The number of benzene rings is 5. The number of β-lactam (4-membered cyclic amide) rings is 1. The Morgan fingerprint density at radius 2 is 1.36 bits per heavy atom. The molecule has 4 heterocycles. The maximum Gasteiger partial charge on any atom is 0.514 e. The Balaban J connectivity index is 1.08. The average molecular weight is 1260 g/mol. The molecule has 0 radical (unpaired) electrons. The molecule has 2 aromatic heterocycles. The Bertz CT molecular complexity index is 3680. The summed E-state index contributed by atoms with van der Waals surface area (Å²) in [5.41, 5.74) is -2.29. The Kier molecular flexibility index (Phi) is 17.6. The molecule has 2 atom stereocenters. The van der Waals surface area contributed by atoms with Gasteiger partial charge in [0.25, 0.3) is 11.8 Å². The highest BCUT2D eigenvalue weighted by Gasteiger charge is 2.65. The number of carbonyl (C=O) groups excluding carboxylic acids is 5. The third-order valence-electron chi connectivity index (χ3n) is 12.7. The number of anilines is 1. The van der Waals surface area contributed by atoms with Crippen molar-refractivity contribution in [3.05, 3.63) is 186 Å². The minimum Gasteiger partial charge on any atom is -0.497 e. The lowest BCUT2D eigenvalue weighted by Gasteiger charge is -2.55. The van der Waals surface area contributed by atoms with E-state index in [4.69, 9.17) is 50.5 Å². The van der Waals surface area contributed by atoms with Crippen LogP contribution in [0.5, 0.6) is 17.2 Å². The molecule has 2 amide bonds.